The van der Waals surface area contributed by atoms with Gasteiger partial charge in [-0.3, -0.25) is 4.98 Å². The number of hydrogen-bond acceptors (Lipinski definition) is 5. The van der Waals surface area contributed by atoms with E-state index in [1.54, 1.807) is 7.11 Å². The molecule has 1 aliphatic heterocycles. The van der Waals surface area contributed by atoms with E-state index in [1.165, 1.54) is 0 Å². The smallest absolute Gasteiger partial charge is 0.174 e. The maximum absolute atomic E-state index is 6.65. The third-order valence-electron chi connectivity index (χ3n) is 6.75. The molecule has 3 aromatic heterocycles. The number of benzene rings is 1. The molecule has 196 valence electrons. The van der Waals surface area contributed by atoms with Gasteiger partial charge < -0.3 is 24.3 Å². The molecule has 1 N–H and O–H groups in total. The van der Waals surface area contributed by atoms with Gasteiger partial charge in [-0.05, 0) is 86.6 Å². The van der Waals surface area contributed by atoms with Gasteiger partial charge in [-0.1, -0.05) is 23.7 Å². The van der Waals surface area contributed by atoms with Crippen LogP contribution in [0, 0.1) is 20.8 Å². The molecule has 5 rings (SSSR count). The Hall–Kier alpha value is -3.46. The van der Waals surface area contributed by atoms with Crippen molar-refractivity contribution in [1.82, 2.24) is 19.9 Å². The number of nitrogens with zero attached hydrogens (tertiary/aromatic N) is 4. The molecule has 0 spiro atoms. The molecule has 1 saturated heterocycles. The fraction of sp³-hybridized carbons (Fsp3) is 0.276. The van der Waals surface area contributed by atoms with Gasteiger partial charge in [-0.25, -0.2) is 4.98 Å². The lowest BCUT2D eigenvalue weighted by atomic mass is 9.96. The topological polar surface area (TPSA) is 64.4 Å². The van der Waals surface area contributed by atoms with Gasteiger partial charge in [0.15, 0.2) is 5.11 Å². The molecule has 0 amide bonds. The Balaban J connectivity index is 1.60. The summed E-state index contributed by atoms with van der Waals surface area (Å²) in [7, 11) is 1.64. The molecule has 1 aromatic carbocycles. The average Bonchev–Trinajstić information content (AvgIpc) is 3.41. The summed E-state index contributed by atoms with van der Waals surface area (Å²) in [5.74, 6) is 1.49. The molecule has 1 fully saturated rings. The van der Waals surface area contributed by atoms with Gasteiger partial charge >= 0.3 is 0 Å². The monoisotopic (exact) mass is 547 g/mol. The Morgan fingerprint density at radius 2 is 1.87 bits per heavy atom. The van der Waals surface area contributed by atoms with E-state index in [1.807, 2.05) is 61.8 Å². The molecule has 0 saturated carbocycles. The van der Waals surface area contributed by atoms with E-state index in [0.29, 0.717) is 29.1 Å². The lowest BCUT2D eigenvalue weighted by molar-refractivity contribution is 0.146. The molecule has 4 aromatic rings. The summed E-state index contributed by atoms with van der Waals surface area (Å²) in [6.45, 7) is 7.16. The van der Waals surface area contributed by atoms with Gasteiger partial charge in [-0.15, -0.1) is 0 Å². The molecule has 2 atom stereocenters. The van der Waals surface area contributed by atoms with E-state index >= 15 is 0 Å². The van der Waals surface area contributed by atoms with Crippen LogP contribution >= 0.6 is 23.8 Å². The summed E-state index contributed by atoms with van der Waals surface area (Å²) in [6, 6.07) is 17.7. The van der Waals surface area contributed by atoms with Gasteiger partial charge in [-0.2, -0.15) is 0 Å². The molecule has 0 aliphatic carbocycles. The number of nitrogens with one attached hydrogen (secondary N) is 1. The highest BCUT2D eigenvalue weighted by Crippen LogP contribution is 2.44. The third-order valence-corrected chi connectivity index (χ3v) is 7.36. The van der Waals surface area contributed by atoms with Crippen LogP contribution < -0.4 is 15.0 Å². The lowest BCUT2D eigenvalue weighted by Crippen LogP contribution is -2.29. The fourth-order valence-corrected chi connectivity index (χ4v) is 5.55. The van der Waals surface area contributed by atoms with Crippen molar-refractivity contribution >= 4 is 34.6 Å². The van der Waals surface area contributed by atoms with E-state index in [0.717, 1.165) is 39.7 Å². The van der Waals surface area contributed by atoms with Crippen molar-refractivity contribution in [3.63, 3.8) is 0 Å². The summed E-state index contributed by atoms with van der Waals surface area (Å²) in [4.78, 5) is 11.5. The number of methoxy groups -OCH3 is 1. The van der Waals surface area contributed by atoms with Crippen LogP contribution in [-0.4, -0.2) is 40.0 Å². The van der Waals surface area contributed by atoms with Crippen molar-refractivity contribution in [3.05, 3.63) is 100 Å². The molecule has 7 nitrogen and oxygen atoms in total. The minimum atomic E-state index is -0.167. The maximum atomic E-state index is 6.65. The first-order valence-corrected chi connectivity index (χ1v) is 13.2. The standard InChI is InChI=1S/C29H30ClN5O2S/c1-18-8-11-26(32-17-18)34-19(2)15-22(20(34)3)28-27(24-7-5-6-12-31-24)33-29(38)35(28)21-9-10-25(23(30)16-21)37-14-13-36-4/h5-12,15-17,27-28H,13-14H2,1-4H3,(H,33,38)/t27-,28+/m0/s1. The van der Waals surface area contributed by atoms with Gasteiger partial charge in [0.25, 0.3) is 0 Å². The normalized spacial score (nSPS) is 17.1. The van der Waals surface area contributed by atoms with Crippen molar-refractivity contribution in [2.24, 2.45) is 0 Å². The lowest BCUT2D eigenvalue weighted by Gasteiger charge is -2.28. The first kappa shape index (κ1) is 26.2. The fourth-order valence-electron chi connectivity index (χ4n) is 4.97. The molecule has 0 bridgehead atoms. The second-order valence-electron chi connectivity index (χ2n) is 9.31. The van der Waals surface area contributed by atoms with Crippen LogP contribution in [0.25, 0.3) is 5.82 Å². The number of anilines is 1. The maximum Gasteiger partial charge on any atom is 0.174 e. The van der Waals surface area contributed by atoms with E-state index in [-0.39, 0.29) is 12.1 Å². The van der Waals surface area contributed by atoms with Crippen LogP contribution in [0.15, 0.2) is 67.0 Å². The largest absolute Gasteiger partial charge is 0.490 e. The zero-order valence-electron chi connectivity index (χ0n) is 21.8. The SMILES string of the molecule is COCCOc1ccc(N2C(=S)N[C@@H](c3ccccn3)[C@H]2c2cc(C)n(-c3ccc(C)cn3)c2C)cc1Cl. The summed E-state index contributed by atoms with van der Waals surface area (Å²) in [5, 5.41) is 4.64. The Labute approximate surface area is 233 Å². The van der Waals surface area contributed by atoms with Crippen LogP contribution in [0.5, 0.6) is 5.75 Å². The van der Waals surface area contributed by atoms with Gasteiger partial charge in [0.2, 0.25) is 0 Å². The minimum absolute atomic E-state index is 0.167. The third kappa shape index (κ3) is 4.99. The molecule has 0 unspecified atom stereocenters. The minimum Gasteiger partial charge on any atom is -0.490 e. The Kier molecular flexibility index (Phi) is 7.65. The van der Waals surface area contributed by atoms with Crippen molar-refractivity contribution in [1.29, 1.82) is 0 Å². The van der Waals surface area contributed by atoms with E-state index in [4.69, 9.17) is 33.3 Å². The van der Waals surface area contributed by atoms with Crippen molar-refractivity contribution < 1.29 is 9.47 Å². The molecule has 1 aliphatic rings. The highest BCUT2D eigenvalue weighted by atomic mass is 35.5. The highest BCUT2D eigenvalue weighted by Gasteiger charge is 2.42. The van der Waals surface area contributed by atoms with Crippen molar-refractivity contribution in [3.8, 4) is 11.6 Å². The van der Waals surface area contributed by atoms with Crippen LogP contribution in [0.3, 0.4) is 0 Å². The van der Waals surface area contributed by atoms with Crippen LogP contribution in [0.4, 0.5) is 5.69 Å². The molecular formula is C29H30ClN5O2S. The Morgan fingerprint density at radius 1 is 1.03 bits per heavy atom. The quantitative estimate of drug-likeness (QED) is 0.213. The Bertz CT molecular complexity index is 1440. The van der Waals surface area contributed by atoms with Crippen LogP contribution in [-0.2, 0) is 4.74 Å². The number of ether oxygens (including phenoxy) is 2. The average molecular weight is 548 g/mol. The van der Waals surface area contributed by atoms with E-state index < -0.39 is 0 Å². The molecule has 4 heterocycles. The number of aryl methyl sites for hydroxylation is 2. The van der Waals surface area contributed by atoms with Crippen molar-refractivity contribution in [2.45, 2.75) is 32.9 Å². The van der Waals surface area contributed by atoms with Crippen LogP contribution in [0.2, 0.25) is 5.02 Å². The van der Waals surface area contributed by atoms with Crippen LogP contribution in [0.1, 0.15) is 40.3 Å². The van der Waals surface area contributed by atoms with Gasteiger partial charge in [0, 0.05) is 36.6 Å². The summed E-state index contributed by atoms with van der Waals surface area (Å²) < 4.78 is 13.0. The molecule has 38 heavy (non-hydrogen) atoms. The number of aromatic nitrogens is 3. The number of pyridine rings is 2. The molecule has 0 radical (unpaired) electrons. The first-order chi connectivity index (χ1) is 18.4. The van der Waals surface area contributed by atoms with E-state index in [9.17, 15) is 0 Å². The molecular weight excluding hydrogens is 518 g/mol. The second kappa shape index (κ2) is 11.1. The second-order valence-corrected chi connectivity index (χ2v) is 10.1. The number of thiocarbonyl (C=S) groups is 1. The summed E-state index contributed by atoms with van der Waals surface area (Å²) in [6.07, 6.45) is 3.70. The molecule has 9 heteroatoms. The number of rotatable bonds is 8. The zero-order valence-corrected chi connectivity index (χ0v) is 23.4. The Morgan fingerprint density at radius 3 is 2.55 bits per heavy atom. The number of hydrogen-bond donors (Lipinski definition) is 1. The zero-order chi connectivity index (χ0) is 26.8. The number of halogens is 1. The predicted molar refractivity (Wildman–Crippen MR) is 155 cm³/mol. The van der Waals surface area contributed by atoms with E-state index in [2.05, 4.69) is 50.7 Å². The summed E-state index contributed by atoms with van der Waals surface area (Å²) >= 11 is 12.6. The van der Waals surface area contributed by atoms with Gasteiger partial charge in [0.1, 0.15) is 18.2 Å². The highest BCUT2D eigenvalue weighted by molar-refractivity contribution is 7.80. The van der Waals surface area contributed by atoms with Crippen molar-refractivity contribution in [2.75, 3.05) is 25.2 Å². The predicted octanol–water partition coefficient (Wildman–Crippen LogP) is 6.05. The van der Waals surface area contributed by atoms with Gasteiger partial charge in [0.05, 0.1) is 29.4 Å². The summed E-state index contributed by atoms with van der Waals surface area (Å²) in [5.41, 5.74) is 6.21. The first-order valence-electron chi connectivity index (χ1n) is 12.4.